The normalized spacial score (nSPS) is 28.8. The minimum absolute atomic E-state index is 0.123. The molecule has 3 saturated heterocycles. The lowest BCUT2D eigenvalue weighted by molar-refractivity contribution is -0.387. The Balaban J connectivity index is 1.67. The molecule has 22 nitrogen and oxygen atoms in total. The monoisotopic (exact) mass is 1280 g/mol. The van der Waals surface area contributed by atoms with Gasteiger partial charge in [-0.15, -0.1) is 0 Å². The summed E-state index contributed by atoms with van der Waals surface area (Å²) in [5.41, 5.74) is 0. The summed E-state index contributed by atoms with van der Waals surface area (Å²) in [6.07, 6.45) is 14.7. The molecule has 0 saturated carbocycles. The first-order chi connectivity index (χ1) is 43.0. The van der Waals surface area contributed by atoms with Crippen LogP contribution in [0.3, 0.4) is 0 Å². The molecule has 19 atom stereocenters. The lowest BCUT2D eigenvalue weighted by Gasteiger charge is -2.49. The number of hydrogen-bond acceptors (Lipinski definition) is 20. The van der Waals surface area contributed by atoms with Crippen LogP contribution in [0.25, 0.3) is 0 Å². The van der Waals surface area contributed by atoms with Crippen LogP contribution >= 0.6 is 0 Å². The highest BCUT2D eigenvalue weighted by Gasteiger charge is 2.55. The zero-order valence-corrected chi connectivity index (χ0v) is 55.0. The van der Waals surface area contributed by atoms with Gasteiger partial charge in [-0.3, -0.25) is 9.59 Å². The first-order valence-electron chi connectivity index (χ1n) is 35.5. The van der Waals surface area contributed by atoms with Crippen molar-refractivity contribution in [1.82, 2.24) is 10.6 Å². The number of aliphatic hydroxyl groups is 12. The fourth-order valence-corrected chi connectivity index (χ4v) is 12.5. The van der Waals surface area contributed by atoms with Crippen LogP contribution < -0.4 is 10.6 Å². The van der Waals surface area contributed by atoms with Gasteiger partial charge < -0.3 is 100 Å². The van der Waals surface area contributed by atoms with Crippen molar-refractivity contribution in [2.45, 2.75) is 388 Å². The van der Waals surface area contributed by atoms with Crippen LogP contribution in [0.2, 0.25) is 0 Å². The van der Waals surface area contributed by atoms with E-state index in [2.05, 4.69) is 24.5 Å². The summed E-state index contributed by atoms with van der Waals surface area (Å²) in [5, 5.41) is 136. The molecule has 0 radical (unpaired) electrons. The molecule has 3 rings (SSSR count). The van der Waals surface area contributed by atoms with E-state index in [9.17, 15) is 70.9 Å². The lowest BCUT2D eigenvalue weighted by Crippen LogP contribution is -2.69. The first kappa shape index (κ1) is 81.5. The molecule has 0 bridgehead atoms. The van der Waals surface area contributed by atoms with Gasteiger partial charge in [-0.25, -0.2) is 0 Å². The molecule has 22 heteroatoms. The minimum Gasteiger partial charge on any atom is -0.394 e. The maximum absolute atomic E-state index is 13.8. The number of amides is 2. The quantitative estimate of drug-likeness (QED) is 0.0292. The van der Waals surface area contributed by atoms with Gasteiger partial charge in [-0.2, -0.15) is 0 Å². The summed E-state index contributed by atoms with van der Waals surface area (Å²) in [5.74, 6) is -1.55. The molecular weight excluding hydrogens is 1150 g/mol. The predicted molar refractivity (Wildman–Crippen MR) is 338 cm³/mol. The summed E-state index contributed by atoms with van der Waals surface area (Å²) < 4.78 is 36.1. The molecule has 0 aliphatic carbocycles. The molecule has 0 aromatic carbocycles. The van der Waals surface area contributed by atoms with E-state index in [4.69, 9.17) is 28.4 Å². The molecule has 3 aliphatic rings. The van der Waals surface area contributed by atoms with Gasteiger partial charge in [0.25, 0.3) is 0 Å². The summed E-state index contributed by atoms with van der Waals surface area (Å²) in [6.45, 7) is 2.31. The molecule has 0 spiro atoms. The Morgan fingerprint density at radius 3 is 1.17 bits per heavy atom. The van der Waals surface area contributed by atoms with Crippen molar-refractivity contribution in [2.24, 2.45) is 0 Å². The van der Waals surface area contributed by atoms with E-state index in [-0.39, 0.29) is 12.8 Å². The van der Waals surface area contributed by atoms with Crippen LogP contribution in [-0.4, -0.2) is 216 Å². The zero-order chi connectivity index (χ0) is 65.2. The number of hydrogen-bond donors (Lipinski definition) is 14. The van der Waals surface area contributed by atoms with Gasteiger partial charge in [0.05, 0.1) is 38.6 Å². The topological polar surface area (TPSA) is 356 Å². The Bertz CT molecular complexity index is 1730. The van der Waals surface area contributed by atoms with Gasteiger partial charge in [0.1, 0.15) is 85.4 Å². The maximum atomic E-state index is 13.8. The van der Waals surface area contributed by atoms with E-state index in [0.717, 1.165) is 64.7 Å². The zero-order valence-electron chi connectivity index (χ0n) is 55.0. The number of carbonyl (C=O) groups is 2. The SMILES string of the molecule is CCCCCCCCCCCCCCCCCCCCCCCC[C@@H](O)C(=O)N[C@@H](CO[C@H]1O[C@H](CO)[C@H](O)[C@H](O[C@H]2O[C@H](CO)[C@H](O)[C@H](O)[C@H]2NC(C)=O)[C@H]1O[C@H]1O[C@H](CO)[C@H](O)[C@H](O)[C@H]1O)[C@H](O)[C@H](O)CCCCCCCCCCCCCCCCC. The molecule has 89 heavy (non-hydrogen) atoms. The van der Waals surface area contributed by atoms with Crippen LogP contribution in [0.1, 0.15) is 271 Å². The van der Waals surface area contributed by atoms with Crippen LogP contribution in [0.4, 0.5) is 0 Å². The highest BCUT2D eigenvalue weighted by molar-refractivity contribution is 5.80. The smallest absolute Gasteiger partial charge is 0.249 e. The Morgan fingerprint density at radius 1 is 0.416 bits per heavy atom. The lowest BCUT2D eigenvalue weighted by atomic mass is 9.95. The van der Waals surface area contributed by atoms with Crippen molar-refractivity contribution in [3.63, 3.8) is 0 Å². The largest absolute Gasteiger partial charge is 0.394 e. The maximum Gasteiger partial charge on any atom is 0.249 e. The van der Waals surface area contributed by atoms with Crippen LogP contribution in [0.5, 0.6) is 0 Å². The van der Waals surface area contributed by atoms with Crippen molar-refractivity contribution >= 4 is 11.8 Å². The van der Waals surface area contributed by atoms with Crippen LogP contribution in [-0.2, 0) is 38.0 Å². The first-order valence-corrected chi connectivity index (χ1v) is 35.5. The third-order valence-electron chi connectivity index (χ3n) is 18.3. The second kappa shape index (κ2) is 49.7. The van der Waals surface area contributed by atoms with Crippen molar-refractivity contribution in [3.8, 4) is 0 Å². The van der Waals surface area contributed by atoms with Gasteiger partial charge in [-0.05, 0) is 12.8 Å². The number of unbranched alkanes of at least 4 members (excludes halogenated alkanes) is 35. The Kier molecular flexibility index (Phi) is 45.5. The molecule has 3 aliphatic heterocycles. The van der Waals surface area contributed by atoms with Crippen molar-refractivity contribution in [2.75, 3.05) is 26.4 Å². The molecule has 0 aromatic heterocycles. The summed E-state index contributed by atoms with van der Waals surface area (Å²) in [4.78, 5) is 26.2. The second-order valence-electron chi connectivity index (χ2n) is 26.0. The number of nitrogens with one attached hydrogen (secondary N) is 2. The second-order valence-corrected chi connectivity index (χ2v) is 26.0. The molecular formula is C67H128N2O20. The Morgan fingerprint density at radius 2 is 0.764 bits per heavy atom. The van der Waals surface area contributed by atoms with E-state index in [0.29, 0.717) is 12.8 Å². The average molecular weight is 1280 g/mol. The molecule has 0 aromatic rings. The van der Waals surface area contributed by atoms with Crippen molar-refractivity contribution < 1.29 is 99.3 Å². The molecule has 0 unspecified atom stereocenters. The molecule has 14 N–H and O–H groups in total. The van der Waals surface area contributed by atoms with E-state index in [1.807, 2.05) is 0 Å². The van der Waals surface area contributed by atoms with E-state index in [1.54, 1.807) is 0 Å². The molecule has 526 valence electrons. The molecule has 3 heterocycles. The number of aliphatic hydroxyl groups excluding tert-OH is 12. The molecule has 2 amide bonds. The Labute approximate surface area is 533 Å². The Hall–Kier alpha value is -1.78. The van der Waals surface area contributed by atoms with Gasteiger partial charge >= 0.3 is 0 Å². The van der Waals surface area contributed by atoms with E-state index < -0.39 is 155 Å². The molecule has 3 fully saturated rings. The fourth-order valence-electron chi connectivity index (χ4n) is 12.5. The van der Waals surface area contributed by atoms with Crippen molar-refractivity contribution in [1.29, 1.82) is 0 Å². The summed E-state index contributed by atoms with van der Waals surface area (Å²) in [7, 11) is 0. The van der Waals surface area contributed by atoms with E-state index in [1.165, 1.54) is 167 Å². The fraction of sp³-hybridized carbons (Fsp3) is 0.970. The summed E-state index contributed by atoms with van der Waals surface area (Å²) >= 11 is 0. The highest BCUT2D eigenvalue weighted by atomic mass is 16.8. The third kappa shape index (κ3) is 32.0. The standard InChI is InChI=1S/C67H128N2O20/c1-4-6-8-10-12-14-16-18-20-21-22-23-24-25-26-28-30-32-34-36-38-40-42-50(75)64(83)69-48(55(76)49(74)41-39-37-35-33-31-29-27-19-17-15-13-11-9-7-5-2)46-84-67-63(89-66-61(82)60(81)57(78)52(44-71)86-66)62(58(79)53(45-72)87-67)88-65-54(68-47(3)73)59(80)56(77)51(43-70)85-65/h48-63,65-67,70-72,74-82H,4-46H2,1-3H3,(H,68,73)(H,69,83)/t48-,49+,50+,51+,52+,53+,54+,55-,56-,57-,58-,59+,60-,61+,62-,63+,65+,66+,67-/m0/s1. The van der Waals surface area contributed by atoms with Gasteiger partial charge in [0, 0.05) is 6.92 Å². The van der Waals surface area contributed by atoms with Crippen molar-refractivity contribution in [3.05, 3.63) is 0 Å². The van der Waals surface area contributed by atoms with Gasteiger partial charge in [-0.1, -0.05) is 251 Å². The third-order valence-corrected chi connectivity index (χ3v) is 18.3. The van der Waals surface area contributed by atoms with Gasteiger partial charge in [0.15, 0.2) is 18.9 Å². The number of rotatable bonds is 54. The van der Waals surface area contributed by atoms with Crippen LogP contribution in [0, 0.1) is 0 Å². The predicted octanol–water partition coefficient (Wildman–Crippen LogP) is 6.42. The van der Waals surface area contributed by atoms with E-state index >= 15 is 0 Å². The summed E-state index contributed by atoms with van der Waals surface area (Å²) in [6, 6.07) is -3.01. The van der Waals surface area contributed by atoms with Crippen LogP contribution in [0.15, 0.2) is 0 Å². The van der Waals surface area contributed by atoms with Gasteiger partial charge in [0.2, 0.25) is 11.8 Å². The number of carbonyl (C=O) groups excluding carboxylic acids is 2. The average Bonchev–Trinajstić information content (AvgIpc) is 1.08. The minimum atomic E-state index is -2.03. The highest BCUT2D eigenvalue weighted by Crippen LogP contribution is 2.35. The number of ether oxygens (including phenoxy) is 6.